The highest BCUT2D eigenvalue weighted by atomic mass is 19.1. The van der Waals surface area contributed by atoms with Crippen molar-refractivity contribution in [1.29, 1.82) is 0 Å². The normalized spacial score (nSPS) is 11.2. The van der Waals surface area contributed by atoms with Crippen molar-refractivity contribution < 1.29 is 9.13 Å². The first kappa shape index (κ1) is 21.7. The summed E-state index contributed by atoms with van der Waals surface area (Å²) in [6.07, 6.45) is 3.26. The van der Waals surface area contributed by atoms with Gasteiger partial charge in [-0.25, -0.2) is 19.3 Å². The molecule has 0 aliphatic carbocycles. The second-order valence-corrected chi connectivity index (χ2v) is 8.30. The fourth-order valence-electron chi connectivity index (χ4n) is 4.31. The summed E-state index contributed by atoms with van der Waals surface area (Å²) in [5.74, 6) is 1.29. The Kier molecular flexibility index (Phi) is 5.46. The van der Waals surface area contributed by atoms with Crippen LogP contribution < -0.4 is 4.74 Å². The van der Waals surface area contributed by atoms with Crippen LogP contribution in [0.3, 0.4) is 0 Å². The Bertz CT molecular complexity index is 1640. The van der Waals surface area contributed by atoms with Gasteiger partial charge in [0.15, 0.2) is 5.65 Å². The van der Waals surface area contributed by atoms with Crippen LogP contribution in [-0.2, 0) is 6.54 Å². The summed E-state index contributed by atoms with van der Waals surface area (Å²) in [6.45, 7) is 0.567. The van der Waals surface area contributed by atoms with Crippen molar-refractivity contribution in [3.63, 3.8) is 0 Å². The van der Waals surface area contributed by atoms with Crippen LogP contribution in [0.2, 0.25) is 0 Å². The molecule has 3 heterocycles. The molecule has 3 aromatic carbocycles. The number of H-pyrrole nitrogens is 1. The van der Waals surface area contributed by atoms with Gasteiger partial charge in [-0.3, -0.25) is 5.10 Å². The van der Waals surface area contributed by atoms with Crippen LogP contribution in [0.1, 0.15) is 5.56 Å². The molecule has 36 heavy (non-hydrogen) atoms. The van der Waals surface area contributed by atoms with Gasteiger partial charge in [-0.15, -0.1) is 0 Å². The van der Waals surface area contributed by atoms with Crippen molar-refractivity contribution in [3.05, 3.63) is 103 Å². The van der Waals surface area contributed by atoms with Gasteiger partial charge in [0.25, 0.3) is 0 Å². The second kappa shape index (κ2) is 9.07. The number of ether oxygens (including phenoxy) is 1. The Hall–Kier alpha value is -4.85. The number of imidazole rings is 1. The van der Waals surface area contributed by atoms with Gasteiger partial charge in [-0.2, -0.15) is 5.10 Å². The zero-order valence-electron chi connectivity index (χ0n) is 19.4. The zero-order chi connectivity index (χ0) is 24.5. The fourth-order valence-corrected chi connectivity index (χ4v) is 4.31. The first-order valence-electron chi connectivity index (χ1n) is 11.4. The van der Waals surface area contributed by atoms with E-state index in [4.69, 9.17) is 9.72 Å². The van der Waals surface area contributed by atoms with Gasteiger partial charge >= 0.3 is 0 Å². The van der Waals surface area contributed by atoms with Crippen LogP contribution >= 0.6 is 0 Å². The first-order chi connectivity index (χ1) is 17.7. The lowest BCUT2D eigenvalue weighted by atomic mass is 10.1. The number of hydrogen-bond acceptors (Lipinski definition) is 5. The highest BCUT2D eigenvalue weighted by molar-refractivity contribution is 5.93. The third-order valence-corrected chi connectivity index (χ3v) is 6.09. The average molecular weight is 477 g/mol. The molecular weight excluding hydrogens is 455 g/mol. The molecule has 1 N–H and O–H groups in total. The molecule has 176 valence electrons. The molecule has 0 saturated carbocycles. The second-order valence-electron chi connectivity index (χ2n) is 8.30. The van der Waals surface area contributed by atoms with Crippen molar-refractivity contribution in [2.75, 3.05) is 7.11 Å². The largest absolute Gasteiger partial charge is 0.497 e. The van der Waals surface area contributed by atoms with Crippen molar-refractivity contribution in [2.24, 2.45) is 0 Å². The van der Waals surface area contributed by atoms with E-state index >= 15 is 0 Å². The summed E-state index contributed by atoms with van der Waals surface area (Å²) in [6, 6.07) is 24.2. The van der Waals surface area contributed by atoms with E-state index in [0.717, 1.165) is 39.5 Å². The number of benzene rings is 3. The molecular formula is C28H21FN6O. The van der Waals surface area contributed by atoms with Crippen molar-refractivity contribution in [1.82, 2.24) is 29.7 Å². The molecule has 3 aromatic heterocycles. The number of methoxy groups -OCH3 is 1. The smallest absolute Gasteiger partial charge is 0.164 e. The van der Waals surface area contributed by atoms with E-state index in [1.54, 1.807) is 31.8 Å². The zero-order valence-corrected chi connectivity index (χ0v) is 19.4. The summed E-state index contributed by atoms with van der Waals surface area (Å²) >= 11 is 0. The summed E-state index contributed by atoms with van der Waals surface area (Å²) in [5, 5.41) is 7.28. The Balaban J connectivity index is 1.53. The number of fused-ring (bicyclic) bond motifs is 1. The maximum Gasteiger partial charge on any atom is 0.164 e. The molecule has 0 saturated heterocycles. The molecule has 0 atom stereocenters. The van der Waals surface area contributed by atoms with Gasteiger partial charge in [0.2, 0.25) is 0 Å². The Morgan fingerprint density at radius 3 is 2.42 bits per heavy atom. The van der Waals surface area contributed by atoms with Crippen LogP contribution in [0, 0.1) is 5.82 Å². The quantitative estimate of drug-likeness (QED) is 0.331. The molecule has 0 amide bonds. The topological polar surface area (TPSA) is 81.5 Å². The lowest BCUT2D eigenvalue weighted by molar-refractivity contribution is 0.414. The molecule has 6 rings (SSSR count). The van der Waals surface area contributed by atoms with Gasteiger partial charge in [0.1, 0.15) is 34.9 Å². The minimum Gasteiger partial charge on any atom is -0.497 e. The van der Waals surface area contributed by atoms with Crippen molar-refractivity contribution in [3.8, 4) is 39.7 Å². The highest BCUT2D eigenvalue weighted by Gasteiger charge is 2.21. The summed E-state index contributed by atoms with van der Waals surface area (Å²) < 4.78 is 20.9. The van der Waals surface area contributed by atoms with Crippen molar-refractivity contribution >= 4 is 11.2 Å². The monoisotopic (exact) mass is 476 g/mol. The molecule has 8 heteroatoms. The SMILES string of the molecule is COc1ccc(Cn2c(-c3ccccc3)nc3c(-c4cn[nH]c4-c4ccc(F)cc4)ncnc32)cc1. The Morgan fingerprint density at radius 1 is 0.889 bits per heavy atom. The van der Waals surface area contributed by atoms with E-state index in [0.29, 0.717) is 23.4 Å². The fraction of sp³-hybridized carbons (Fsp3) is 0.0714. The molecule has 0 radical (unpaired) electrons. The molecule has 0 spiro atoms. The van der Waals surface area contributed by atoms with Gasteiger partial charge in [-0.1, -0.05) is 42.5 Å². The van der Waals surface area contributed by atoms with E-state index in [1.165, 1.54) is 12.1 Å². The number of aromatic nitrogens is 6. The summed E-state index contributed by atoms with van der Waals surface area (Å²) in [7, 11) is 1.65. The van der Waals surface area contributed by atoms with E-state index in [-0.39, 0.29) is 5.82 Å². The predicted molar refractivity (Wildman–Crippen MR) is 136 cm³/mol. The summed E-state index contributed by atoms with van der Waals surface area (Å²) in [5.41, 5.74) is 6.39. The molecule has 0 unspecified atom stereocenters. The molecule has 0 aliphatic heterocycles. The minimum absolute atomic E-state index is 0.297. The number of hydrogen-bond donors (Lipinski definition) is 1. The number of nitrogens with zero attached hydrogens (tertiary/aromatic N) is 5. The number of halogens is 1. The predicted octanol–water partition coefficient (Wildman–Crippen LogP) is 5.75. The van der Waals surface area contributed by atoms with E-state index in [2.05, 4.69) is 24.7 Å². The Labute approximate surface area is 206 Å². The number of aromatic amines is 1. The average Bonchev–Trinajstić information content (AvgIpc) is 3.56. The molecule has 0 bridgehead atoms. The Morgan fingerprint density at radius 2 is 1.67 bits per heavy atom. The van der Waals surface area contributed by atoms with Crippen LogP contribution in [0.25, 0.3) is 45.1 Å². The summed E-state index contributed by atoms with van der Waals surface area (Å²) in [4.78, 5) is 14.2. The third-order valence-electron chi connectivity index (χ3n) is 6.09. The maximum absolute atomic E-state index is 13.5. The lowest BCUT2D eigenvalue weighted by Crippen LogP contribution is -2.03. The lowest BCUT2D eigenvalue weighted by Gasteiger charge is -2.10. The number of nitrogens with one attached hydrogen (secondary N) is 1. The van der Waals surface area contributed by atoms with Gasteiger partial charge in [-0.05, 0) is 42.0 Å². The maximum atomic E-state index is 13.5. The number of rotatable bonds is 6. The van der Waals surface area contributed by atoms with E-state index < -0.39 is 0 Å². The first-order valence-corrected chi connectivity index (χ1v) is 11.4. The van der Waals surface area contributed by atoms with E-state index in [1.807, 2.05) is 54.6 Å². The van der Waals surface area contributed by atoms with Gasteiger partial charge in [0.05, 0.1) is 25.5 Å². The van der Waals surface area contributed by atoms with Gasteiger partial charge in [0, 0.05) is 16.7 Å². The van der Waals surface area contributed by atoms with E-state index in [9.17, 15) is 4.39 Å². The molecule has 0 fully saturated rings. The van der Waals surface area contributed by atoms with Gasteiger partial charge < -0.3 is 9.30 Å². The molecule has 6 aromatic rings. The van der Waals surface area contributed by atoms with Crippen LogP contribution in [0.15, 0.2) is 91.4 Å². The minimum atomic E-state index is -0.297. The molecule has 7 nitrogen and oxygen atoms in total. The van der Waals surface area contributed by atoms with Crippen LogP contribution in [-0.4, -0.2) is 36.8 Å². The third kappa shape index (κ3) is 3.88. The highest BCUT2D eigenvalue weighted by Crippen LogP contribution is 2.34. The van der Waals surface area contributed by atoms with Crippen molar-refractivity contribution in [2.45, 2.75) is 6.54 Å². The van der Waals surface area contributed by atoms with Crippen LogP contribution in [0.5, 0.6) is 5.75 Å². The van der Waals surface area contributed by atoms with Crippen LogP contribution in [0.4, 0.5) is 4.39 Å². The standard InChI is InChI=1S/C28H21FN6O/c1-36-22-13-7-18(8-14-22)16-35-27(20-5-3-2-4-6-20)33-26-25(30-17-31-28(26)35)23-15-32-34-24(23)19-9-11-21(29)12-10-19/h2-15,17H,16H2,1H3,(H,32,34). The molecule has 0 aliphatic rings.